The molecule has 1 amide bonds. The Labute approximate surface area is 89.7 Å². The minimum absolute atomic E-state index is 0.116. The van der Waals surface area contributed by atoms with Crippen LogP contribution in [-0.2, 0) is 9.53 Å². The molecule has 1 rings (SSSR count). The number of nitrogens with one attached hydrogen (secondary N) is 1. The van der Waals surface area contributed by atoms with Crippen LogP contribution in [0.2, 0.25) is 0 Å². The summed E-state index contributed by atoms with van der Waals surface area (Å²) in [5, 5.41) is 2.64. The SMILES string of the molecule is CC(C)(C)OC(=O)NCC1C=CC(=O)C1. The van der Waals surface area contributed by atoms with Crippen molar-refractivity contribution in [3.8, 4) is 0 Å². The number of ketones is 1. The van der Waals surface area contributed by atoms with Crippen molar-refractivity contribution in [2.45, 2.75) is 32.8 Å². The molecule has 0 aromatic heterocycles. The second-order valence-corrected chi connectivity index (χ2v) is 4.67. The van der Waals surface area contributed by atoms with Crippen LogP contribution in [0.4, 0.5) is 4.79 Å². The van der Waals surface area contributed by atoms with Crippen LogP contribution in [0.25, 0.3) is 0 Å². The minimum Gasteiger partial charge on any atom is -0.444 e. The number of carbonyl (C=O) groups is 2. The van der Waals surface area contributed by atoms with Gasteiger partial charge in [-0.2, -0.15) is 0 Å². The summed E-state index contributed by atoms with van der Waals surface area (Å²) < 4.78 is 5.07. The van der Waals surface area contributed by atoms with E-state index in [1.54, 1.807) is 6.08 Å². The van der Waals surface area contributed by atoms with Crippen molar-refractivity contribution in [2.75, 3.05) is 6.54 Å². The third-order valence-electron chi connectivity index (χ3n) is 1.93. The molecule has 1 aliphatic rings. The van der Waals surface area contributed by atoms with E-state index in [-0.39, 0.29) is 11.7 Å². The number of carbonyl (C=O) groups excluding carboxylic acids is 2. The molecule has 4 heteroatoms. The lowest BCUT2D eigenvalue weighted by atomic mass is 10.1. The lowest BCUT2D eigenvalue weighted by Gasteiger charge is -2.20. The van der Waals surface area contributed by atoms with Crippen LogP contribution in [0.15, 0.2) is 12.2 Å². The molecule has 4 nitrogen and oxygen atoms in total. The molecular formula is C11H17NO3. The van der Waals surface area contributed by atoms with E-state index in [1.807, 2.05) is 26.8 Å². The fraction of sp³-hybridized carbons (Fsp3) is 0.636. The van der Waals surface area contributed by atoms with E-state index in [2.05, 4.69) is 5.32 Å². The summed E-state index contributed by atoms with van der Waals surface area (Å²) in [7, 11) is 0. The first kappa shape index (κ1) is 11.8. The van der Waals surface area contributed by atoms with Gasteiger partial charge in [0.15, 0.2) is 5.78 Å². The number of ether oxygens (including phenoxy) is 1. The highest BCUT2D eigenvalue weighted by Gasteiger charge is 2.19. The highest BCUT2D eigenvalue weighted by Crippen LogP contribution is 2.13. The summed E-state index contributed by atoms with van der Waals surface area (Å²) in [5.74, 6) is 0.232. The average molecular weight is 211 g/mol. The van der Waals surface area contributed by atoms with Crippen LogP contribution in [0.1, 0.15) is 27.2 Å². The van der Waals surface area contributed by atoms with E-state index in [1.165, 1.54) is 0 Å². The Kier molecular flexibility index (Phi) is 3.50. The van der Waals surface area contributed by atoms with Crippen molar-refractivity contribution < 1.29 is 14.3 Å². The van der Waals surface area contributed by atoms with Crippen LogP contribution in [-0.4, -0.2) is 24.0 Å². The van der Waals surface area contributed by atoms with Gasteiger partial charge in [0, 0.05) is 18.9 Å². The topological polar surface area (TPSA) is 55.4 Å². The van der Waals surface area contributed by atoms with Crippen molar-refractivity contribution in [1.29, 1.82) is 0 Å². The van der Waals surface area contributed by atoms with E-state index < -0.39 is 11.7 Å². The summed E-state index contributed by atoms with van der Waals surface area (Å²) in [6, 6.07) is 0. The zero-order valence-corrected chi connectivity index (χ0v) is 9.37. The molecule has 0 spiro atoms. The third-order valence-corrected chi connectivity index (χ3v) is 1.93. The number of alkyl carbamates (subject to hydrolysis) is 1. The number of amides is 1. The summed E-state index contributed by atoms with van der Waals surface area (Å²) in [4.78, 5) is 22.2. The monoisotopic (exact) mass is 211 g/mol. The molecule has 0 aliphatic heterocycles. The molecule has 0 fully saturated rings. The summed E-state index contributed by atoms with van der Waals surface area (Å²) in [6.07, 6.45) is 3.42. The molecular weight excluding hydrogens is 194 g/mol. The Morgan fingerprint density at radius 2 is 2.27 bits per heavy atom. The molecule has 0 heterocycles. The fourth-order valence-corrected chi connectivity index (χ4v) is 1.31. The first-order valence-corrected chi connectivity index (χ1v) is 5.05. The van der Waals surface area contributed by atoms with Gasteiger partial charge in [0.1, 0.15) is 5.60 Å². The highest BCUT2D eigenvalue weighted by molar-refractivity contribution is 5.92. The van der Waals surface area contributed by atoms with Crippen LogP contribution in [0, 0.1) is 5.92 Å². The highest BCUT2D eigenvalue weighted by atomic mass is 16.6. The molecule has 15 heavy (non-hydrogen) atoms. The summed E-state index contributed by atoms with van der Waals surface area (Å²) in [6.45, 7) is 5.89. The number of allylic oxidation sites excluding steroid dienone is 1. The Morgan fingerprint density at radius 1 is 1.60 bits per heavy atom. The zero-order valence-electron chi connectivity index (χ0n) is 9.37. The van der Waals surface area contributed by atoms with E-state index >= 15 is 0 Å². The first-order chi connectivity index (χ1) is 6.87. The normalized spacial score (nSPS) is 20.5. The molecule has 1 unspecified atom stereocenters. The minimum atomic E-state index is -0.481. The van der Waals surface area contributed by atoms with Gasteiger partial charge in [-0.25, -0.2) is 4.79 Å². The molecule has 84 valence electrons. The van der Waals surface area contributed by atoms with Gasteiger partial charge in [-0.1, -0.05) is 6.08 Å². The predicted octanol–water partition coefficient (Wildman–Crippen LogP) is 1.66. The number of rotatable bonds is 2. The van der Waals surface area contributed by atoms with Gasteiger partial charge >= 0.3 is 6.09 Å². The average Bonchev–Trinajstić information content (AvgIpc) is 2.45. The van der Waals surface area contributed by atoms with E-state index in [0.29, 0.717) is 13.0 Å². The Balaban J connectivity index is 2.23. The molecule has 1 N–H and O–H groups in total. The Hall–Kier alpha value is -1.32. The Morgan fingerprint density at radius 3 is 2.73 bits per heavy atom. The fourth-order valence-electron chi connectivity index (χ4n) is 1.31. The van der Waals surface area contributed by atoms with Crippen molar-refractivity contribution >= 4 is 11.9 Å². The molecule has 0 bridgehead atoms. The van der Waals surface area contributed by atoms with Gasteiger partial charge in [0.25, 0.3) is 0 Å². The molecule has 0 aromatic rings. The maximum absolute atomic E-state index is 11.3. The van der Waals surface area contributed by atoms with Crippen molar-refractivity contribution in [2.24, 2.45) is 5.92 Å². The third kappa shape index (κ3) is 4.63. The van der Waals surface area contributed by atoms with Crippen LogP contribution >= 0.6 is 0 Å². The second kappa shape index (κ2) is 4.47. The Bertz CT molecular complexity index is 289. The number of hydrogen-bond donors (Lipinski definition) is 1. The quantitative estimate of drug-likeness (QED) is 0.755. The standard InChI is InChI=1S/C11H17NO3/c1-11(2,3)15-10(14)12-7-8-4-5-9(13)6-8/h4-5,8H,6-7H2,1-3H3,(H,12,14). The van der Waals surface area contributed by atoms with E-state index in [4.69, 9.17) is 4.74 Å². The molecule has 1 atom stereocenters. The van der Waals surface area contributed by atoms with Gasteiger partial charge in [0.05, 0.1) is 0 Å². The lowest BCUT2D eigenvalue weighted by Crippen LogP contribution is -2.34. The molecule has 1 aliphatic carbocycles. The summed E-state index contributed by atoms with van der Waals surface area (Å²) >= 11 is 0. The van der Waals surface area contributed by atoms with Gasteiger partial charge in [-0.15, -0.1) is 0 Å². The van der Waals surface area contributed by atoms with Gasteiger partial charge in [-0.05, 0) is 26.8 Å². The maximum Gasteiger partial charge on any atom is 0.407 e. The zero-order chi connectivity index (χ0) is 11.5. The van der Waals surface area contributed by atoms with Gasteiger partial charge in [-0.3, -0.25) is 4.79 Å². The molecule has 0 saturated heterocycles. The van der Waals surface area contributed by atoms with Crippen molar-refractivity contribution in [3.05, 3.63) is 12.2 Å². The van der Waals surface area contributed by atoms with Crippen LogP contribution in [0.3, 0.4) is 0 Å². The van der Waals surface area contributed by atoms with Crippen molar-refractivity contribution in [1.82, 2.24) is 5.32 Å². The van der Waals surface area contributed by atoms with E-state index in [0.717, 1.165) is 0 Å². The maximum atomic E-state index is 11.3. The predicted molar refractivity (Wildman–Crippen MR) is 56.5 cm³/mol. The summed E-state index contributed by atoms with van der Waals surface area (Å²) in [5.41, 5.74) is -0.481. The first-order valence-electron chi connectivity index (χ1n) is 5.05. The van der Waals surface area contributed by atoms with Gasteiger partial charge in [0.2, 0.25) is 0 Å². The van der Waals surface area contributed by atoms with Gasteiger partial charge < -0.3 is 10.1 Å². The van der Waals surface area contributed by atoms with Crippen LogP contribution in [0.5, 0.6) is 0 Å². The second-order valence-electron chi connectivity index (χ2n) is 4.67. The van der Waals surface area contributed by atoms with Crippen LogP contribution < -0.4 is 5.32 Å². The van der Waals surface area contributed by atoms with Crippen molar-refractivity contribution in [3.63, 3.8) is 0 Å². The molecule has 0 aromatic carbocycles. The van der Waals surface area contributed by atoms with E-state index in [9.17, 15) is 9.59 Å². The largest absolute Gasteiger partial charge is 0.444 e. The number of hydrogen-bond acceptors (Lipinski definition) is 3. The smallest absolute Gasteiger partial charge is 0.407 e. The molecule has 0 saturated carbocycles. The lowest BCUT2D eigenvalue weighted by molar-refractivity contribution is -0.114. The molecule has 0 radical (unpaired) electrons.